The number of fused-ring (bicyclic) bond motifs is 1. The second-order valence-electron chi connectivity index (χ2n) is 5.36. The molecule has 0 amide bonds. The number of alkyl halides is 1. The number of aromatic nitrogens is 2. The monoisotopic (exact) mass is 324 g/mol. The molecule has 3 nitrogen and oxygen atoms in total. The Kier molecular flexibility index (Phi) is 4.96. The van der Waals surface area contributed by atoms with Gasteiger partial charge in [-0.2, -0.15) is 11.8 Å². The quantitative estimate of drug-likeness (QED) is 0.752. The van der Waals surface area contributed by atoms with Crippen molar-refractivity contribution in [2.24, 2.45) is 5.92 Å². The van der Waals surface area contributed by atoms with E-state index in [0.717, 1.165) is 36.0 Å². The molecule has 2 heterocycles. The highest BCUT2D eigenvalue weighted by atomic mass is 35.5. The summed E-state index contributed by atoms with van der Waals surface area (Å²) in [6.45, 7) is 3.71. The third-order valence-electron chi connectivity index (χ3n) is 3.90. The molecule has 1 aliphatic rings. The third-order valence-corrected chi connectivity index (χ3v) is 5.32. The van der Waals surface area contributed by atoms with Gasteiger partial charge in [0.25, 0.3) is 0 Å². The molecule has 0 saturated carbocycles. The molecule has 1 aromatic heterocycles. The highest BCUT2D eigenvalue weighted by Crippen LogP contribution is 2.30. The summed E-state index contributed by atoms with van der Waals surface area (Å²) in [6, 6.07) is 6.20. The average molecular weight is 325 g/mol. The number of hydrogen-bond donors (Lipinski definition) is 0. The maximum atomic E-state index is 5.96. The highest BCUT2D eigenvalue weighted by Gasteiger charge is 2.20. The van der Waals surface area contributed by atoms with E-state index in [1.807, 2.05) is 13.0 Å². The first kappa shape index (κ1) is 15.0. The topological polar surface area (TPSA) is 27.1 Å². The molecule has 21 heavy (non-hydrogen) atoms. The fourth-order valence-electron chi connectivity index (χ4n) is 2.91. The van der Waals surface area contributed by atoms with Gasteiger partial charge in [-0.05, 0) is 42.9 Å². The van der Waals surface area contributed by atoms with Gasteiger partial charge in [-0.15, -0.1) is 11.6 Å². The number of hydrogen-bond acceptors (Lipinski definition) is 3. The van der Waals surface area contributed by atoms with Crippen molar-refractivity contribution in [2.75, 3.05) is 24.0 Å². The van der Waals surface area contributed by atoms with Crippen LogP contribution in [0.5, 0.6) is 5.75 Å². The van der Waals surface area contributed by atoms with Gasteiger partial charge < -0.3 is 9.30 Å². The summed E-state index contributed by atoms with van der Waals surface area (Å²) in [7, 11) is 0. The molecule has 3 rings (SSSR count). The minimum Gasteiger partial charge on any atom is -0.492 e. The Labute approximate surface area is 135 Å². The molecule has 0 spiro atoms. The minimum atomic E-state index is 0.604. The number of aryl methyl sites for hydroxylation is 1. The first-order chi connectivity index (χ1) is 10.3. The molecule has 2 aromatic rings. The van der Waals surface area contributed by atoms with Crippen molar-refractivity contribution in [2.45, 2.75) is 26.3 Å². The Bertz CT molecular complexity index is 608. The normalized spacial score (nSPS) is 18.5. The van der Waals surface area contributed by atoms with Crippen LogP contribution in [0.2, 0.25) is 0 Å². The van der Waals surface area contributed by atoms with Crippen LogP contribution in [0.25, 0.3) is 11.0 Å². The number of para-hydroxylation sites is 1. The molecule has 5 heteroatoms. The van der Waals surface area contributed by atoms with Crippen molar-refractivity contribution in [1.82, 2.24) is 9.55 Å². The molecule has 1 saturated heterocycles. The van der Waals surface area contributed by atoms with E-state index in [1.165, 1.54) is 23.4 Å². The van der Waals surface area contributed by atoms with Gasteiger partial charge in [0.15, 0.2) is 0 Å². The lowest BCUT2D eigenvalue weighted by Crippen LogP contribution is -2.13. The van der Waals surface area contributed by atoms with Crippen LogP contribution in [0.4, 0.5) is 0 Å². The maximum Gasteiger partial charge on any atom is 0.147 e. The van der Waals surface area contributed by atoms with Crippen molar-refractivity contribution in [3.05, 3.63) is 24.0 Å². The second kappa shape index (κ2) is 6.93. The van der Waals surface area contributed by atoms with Gasteiger partial charge >= 0.3 is 0 Å². The number of rotatable bonds is 6. The number of halogens is 1. The standard InChI is InChI=1S/C16H21ClN2OS/c1-2-20-14-5-3-4-13-16(14)18-15(6-8-17)19(13)10-12-7-9-21-11-12/h3-5,12H,2,6-11H2,1H3. The van der Waals surface area contributed by atoms with Crippen LogP contribution in [0, 0.1) is 5.92 Å². The van der Waals surface area contributed by atoms with Gasteiger partial charge in [0, 0.05) is 18.8 Å². The minimum absolute atomic E-state index is 0.604. The van der Waals surface area contributed by atoms with Gasteiger partial charge in [-0.3, -0.25) is 0 Å². The molecular formula is C16H21ClN2OS. The van der Waals surface area contributed by atoms with Crippen LogP contribution in [0.3, 0.4) is 0 Å². The summed E-state index contributed by atoms with van der Waals surface area (Å²) in [5, 5.41) is 0. The molecule has 1 atom stereocenters. The van der Waals surface area contributed by atoms with Crippen molar-refractivity contribution < 1.29 is 4.74 Å². The second-order valence-corrected chi connectivity index (χ2v) is 6.89. The molecule has 0 radical (unpaired) electrons. The smallest absolute Gasteiger partial charge is 0.147 e. The lowest BCUT2D eigenvalue weighted by Gasteiger charge is -2.13. The van der Waals surface area contributed by atoms with Crippen LogP contribution >= 0.6 is 23.4 Å². The number of benzene rings is 1. The zero-order valence-electron chi connectivity index (χ0n) is 12.3. The molecule has 1 unspecified atom stereocenters. The van der Waals surface area contributed by atoms with E-state index < -0.39 is 0 Å². The van der Waals surface area contributed by atoms with E-state index in [1.54, 1.807) is 0 Å². The number of nitrogens with zero attached hydrogens (tertiary/aromatic N) is 2. The third kappa shape index (κ3) is 3.16. The summed E-state index contributed by atoms with van der Waals surface area (Å²) in [5.74, 6) is 5.86. The van der Waals surface area contributed by atoms with Crippen LogP contribution in [0.1, 0.15) is 19.2 Å². The van der Waals surface area contributed by atoms with Gasteiger partial charge in [-0.25, -0.2) is 4.98 Å². The van der Waals surface area contributed by atoms with E-state index >= 15 is 0 Å². The fourth-order valence-corrected chi connectivity index (χ4v) is 4.35. The van der Waals surface area contributed by atoms with Crippen LogP contribution in [-0.4, -0.2) is 33.5 Å². The predicted octanol–water partition coefficient (Wildman–Crippen LogP) is 3.97. The SMILES string of the molecule is CCOc1cccc2c1nc(CCCl)n2CC1CCSC1. The van der Waals surface area contributed by atoms with Gasteiger partial charge in [0.05, 0.1) is 12.1 Å². The maximum absolute atomic E-state index is 5.96. The van der Waals surface area contributed by atoms with E-state index in [4.69, 9.17) is 21.3 Å². The van der Waals surface area contributed by atoms with Gasteiger partial charge in [0.2, 0.25) is 0 Å². The summed E-state index contributed by atoms with van der Waals surface area (Å²) in [4.78, 5) is 4.81. The lowest BCUT2D eigenvalue weighted by molar-refractivity contribution is 0.343. The lowest BCUT2D eigenvalue weighted by atomic mass is 10.1. The average Bonchev–Trinajstić information content (AvgIpc) is 3.10. The van der Waals surface area contributed by atoms with Crippen molar-refractivity contribution in [3.8, 4) is 5.75 Å². The predicted molar refractivity (Wildman–Crippen MR) is 90.8 cm³/mol. The van der Waals surface area contributed by atoms with Crippen molar-refractivity contribution in [1.29, 1.82) is 0 Å². The largest absolute Gasteiger partial charge is 0.492 e. The first-order valence-electron chi connectivity index (χ1n) is 7.58. The molecule has 1 fully saturated rings. The summed E-state index contributed by atoms with van der Waals surface area (Å²) >= 11 is 8.02. The van der Waals surface area contributed by atoms with E-state index in [-0.39, 0.29) is 0 Å². The molecular weight excluding hydrogens is 304 g/mol. The summed E-state index contributed by atoms with van der Waals surface area (Å²) in [6.07, 6.45) is 2.11. The first-order valence-corrected chi connectivity index (χ1v) is 9.27. The van der Waals surface area contributed by atoms with Crippen LogP contribution < -0.4 is 4.74 Å². The van der Waals surface area contributed by atoms with Crippen LogP contribution in [0.15, 0.2) is 18.2 Å². The van der Waals surface area contributed by atoms with Gasteiger partial charge in [0.1, 0.15) is 17.1 Å². The zero-order chi connectivity index (χ0) is 14.7. The highest BCUT2D eigenvalue weighted by molar-refractivity contribution is 7.99. The van der Waals surface area contributed by atoms with E-state index in [9.17, 15) is 0 Å². The molecule has 0 N–H and O–H groups in total. The number of thioether (sulfide) groups is 1. The Hall–Kier alpha value is -0.870. The Balaban J connectivity index is 2.01. The molecule has 1 aliphatic heterocycles. The van der Waals surface area contributed by atoms with E-state index in [0.29, 0.717) is 12.5 Å². The molecule has 0 bridgehead atoms. The number of ether oxygens (including phenoxy) is 1. The van der Waals surface area contributed by atoms with Gasteiger partial charge in [-0.1, -0.05) is 6.07 Å². The summed E-state index contributed by atoms with van der Waals surface area (Å²) < 4.78 is 8.08. The van der Waals surface area contributed by atoms with E-state index in [2.05, 4.69) is 28.5 Å². The fraction of sp³-hybridized carbons (Fsp3) is 0.562. The number of imidazole rings is 1. The molecule has 0 aliphatic carbocycles. The van der Waals surface area contributed by atoms with Crippen molar-refractivity contribution >= 4 is 34.4 Å². The van der Waals surface area contributed by atoms with Crippen LogP contribution in [-0.2, 0) is 13.0 Å². The summed E-state index contributed by atoms with van der Waals surface area (Å²) in [5.41, 5.74) is 2.16. The molecule has 114 valence electrons. The Morgan fingerprint density at radius 3 is 3.10 bits per heavy atom. The zero-order valence-corrected chi connectivity index (χ0v) is 13.9. The Morgan fingerprint density at radius 1 is 1.48 bits per heavy atom. The Morgan fingerprint density at radius 2 is 2.38 bits per heavy atom. The van der Waals surface area contributed by atoms with Crippen molar-refractivity contribution in [3.63, 3.8) is 0 Å². The molecule has 1 aromatic carbocycles.